The van der Waals surface area contributed by atoms with E-state index in [-0.39, 0.29) is 18.4 Å². The molecular formula is C12H17N3O3. The standard InChI is InChI=1S/C12H17N3O3/c1-8(4-11(16)17)14-12(18)10-5-13-15(7-10)6-9-2-3-9/h5,7-9H,2-4,6H2,1H3,(H,14,18)(H,16,17). The monoisotopic (exact) mass is 251 g/mol. The van der Waals surface area contributed by atoms with Crippen LogP contribution in [0.1, 0.15) is 36.5 Å². The minimum Gasteiger partial charge on any atom is -0.481 e. The van der Waals surface area contributed by atoms with Gasteiger partial charge in [-0.05, 0) is 25.7 Å². The number of carbonyl (C=O) groups excluding carboxylic acids is 1. The van der Waals surface area contributed by atoms with Gasteiger partial charge in [-0.25, -0.2) is 0 Å². The van der Waals surface area contributed by atoms with Crippen LogP contribution in [0.5, 0.6) is 0 Å². The normalized spacial score (nSPS) is 16.3. The Bertz CT molecular complexity index is 451. The lowest BCUT2D eigenvalue weighted by molar-refractivity contribution is -0.137. The summed E-state index contributed by atoms with van der Waals surface area (Å²) in [6.07, 6.45) is 5.61. The van der Waals surface area contributed by atoms with E-state index in [1.165, 1.54) is 19.0 Å². The second kappa shape index (κ2) is 5.20. The summed E-state index contributed by atoms with van der Waals surface area (Å²) in [4.78, 5) is 22.3. The van der Waals surface area contributed by atoms with Gasteiger partial charge >= 0.3 is 5.97 Å². The number of amides is 1. The molecule has 1 unspecified atom stereocenters. The summed E-state index contributed by atoms with van der Waals surface area (Å²) < 4.78 is 1.77. The molecule has 1 heterocycles. The predicted octanol–water partition coefficient (Wildman–Crippen LogP) is 0.886. The molecular weight excluding hydrogens is 234 g/mol. The van der Waals surface area contributed by atoms with Crippen LogP contribution < -0.4 is 5.32 Å². The summed E-state index contributed by atoms with van der Waals surface area (Å²) in [5.41, 5.74) is 0.480. The minimum absolute atomic E-state index is 0.0814. The highest BCUT2D eigenvalue weighted by atomic mass is 16.4. The Hall–Kier alpha value is -1.85. The van der Waals surface area contributed by atoms with Crippen LogP contribution >= 0.6 is 0 Å². The summed E-state index contributed by atoms with van der Waals surface area (Å²) in [5, 5.41) is 15.4. The highest BCUT2D eigenvalue weighted by molar-refractivity contribution is 5.94. The van der Waals surface area contributed by atoms with Crippen molar-refractivity contribution in [1.29, 1.82) is 0 Å². The third-order valence-electron chi connectivity index (χ3n) is 2.90. The molecule has 0 saturated heterocycles. The number of carboxylic acid groups (broad SMARTS) is 1. The van der Waals surface area contributed by atoms with Crippen molar-refractivity contribution in [3.8, 4) is 0 Å². The highest BCUT2D eigenvalue weighted by Crippen LogP contribution is 2.30. The Labute approximate surface area is 105 Å². The maximum absolute atomic E-state index is 11.8. The van der Waals surface area contributed by atoms with Crippen LogP contribution in [0.15, 0.2) is 12.4 Å². The van der Waals surface area contributed by atoms with Crippen molar-refractivity contribution in [3.63, 3.8) is 0 Å². The number of aromatic nitrogens is 2. The smallest absolute Gasteiger partial charge is 0.305 e. The van der Waals surface area contributed by atoms with Crippen LogP contribution in [0.2, 0.25) is 0 Å². The summed E-state index contributed by atoms with van der Waals surface area (Å²) >= 11 is 0. The molecule has 1 aromatic heterocycles. The fraction of sp³-hybridized carbons (Fsp3) is 0.583. The molecule has 1 saturated carbocycles. The van der Waals surface area contributed by atoms with Crippen molar-refractivity contribution >= 4 is 11.9 Å². The van der Waals surface area contributed by atoms with Crippen molar-refractivity contribution in [2.45, 2.75) is 38.8 Å². The van der Waals surface area contributed by atoms with E-state index in [1.807, 2.05) is 0 Å². The highest BCUT2D eigenvalue weighted by Gasteiger charge is 2.22. The fourth-order valence-electron chi connectivity index (χ4n) is 1.77. The van der Waals surface area contributed by atoms with Crippen LogP contribution in [0.4, 0.5) is 0 Å². The first-order valence-electron chi connectivity index (χ1n) is 6.09. The number of hydrogen-bond donors (Lipinski definition) is 2. The van der Waals surface area contributed by atoms with Crippen LogP contribution in [0.25, 0.3) is 0 Å². The van der Waals surface area contributed by atoms with Crippen molar-refractivity contribution in [1.82, 2.24) is 15.1 Å². The van der Waals surface area contributed by atoms with Crippen LogP contribution in [0.3, 0.4) is 0 Å². The van der Waals surface area contributed by atoms with E-state index in [9.17, 15) is 9.59 Å². The van der Waals surface area contributed by atoms with Gasteiger partial charge in [0.05, 0.1) is 18.2 Å². The summed E-state index contributed by atoms with van der Waals surface area (Å²) in [6.45, 7) is 2.53. The molecule has 1 amide bonds. The van der Waals surface area contributed by atoms with Crippen LogP contribution in [-0.2, 0) is 11.3 Å². The Morgan fingerprint density at radius 1 is 1.61 bits per heavy atom. The van der Waals surface area contributed by atoms with E-state index in [4.69, 9.17) is 5.11 Å². The molecule has 1 aliphatic rings. The van der Waals surface area contributed by atoms with Gasteiger partial charge in [0.2, 0.25) is 0 Å². The molecule has 6 nitrogen and oxygen atoms in total. The second-order valence-electron chi connectivity index (χ2n) is 4.87. The van der Waals surface area contributed by atoms with Gasteiger partial charge in [-0.15, -0.1) is 0 Å². The molecule has 2 rings (SSSR count). The van der Waals surface area contributed by atoms with Gasteiger partial charge < -0.3 is 10.4 Å². The molecule has 0 aromatic carbocycles. The van der Waals surface area contributed by atoms with Gasteiger partial charge in [-0.3, -0.25) is 14.3 Å². The van der Waals surface area contributed by atoms with Crippen molar-refractivity contribution < 1.29 is 14.7 Å². The van der Waals surface area contributed by atoms with Crippen molar-refractivity contribution in [2.75, 3.05) is 0 Å². The number of carbonyl (C=O) groups is 2. The SMILES string of the molecule is CC(CC(=O)O)NC(=O)c1cnn(CC2CC2)c1. The van der Waals surface area contributed by atoms with E-state index in [1.54, 1.807) is 17.8 Å². The van der Waals surface area contributed by atoms with Gasteiger partial charge in [0.1, 0.15) is 0 Å². The van der Waals surface area contributed by atoms with Crippen LogP contribution in [0, 0.1) is 5.92 Å². The number of nitrogens with one attached hydrogen (secondary N) is 1. The molecule has 1 fully saturated rings. The average Bonchev–Trinajstić information content (AvgIpc) is 2.92. The molecule has 0 spiro atoms. The molecule has 18 heavy (non-hydrogen) atoms. The topological polar surface area (TPSA) is 84.2 Å². The third-order valence-corrected chi connectivity index (χ3v) is 2.90. The summed E-state index contributed by atoms with van der Waals surface area (Å²) in [7, 11) is 0. The third kappa shape index (κ3) is 3.58. The van der Waals surface area contributed by atoms with Crippen molar-refractivity contribution in [2.24, 2.45) is 5.92 Å². The number of aliphatic carboxylic acids is 1. The average molecular weight is 251 g/mol. The van der Waals surface area contributed by atoms with E-state index >= 15 is 0 Å². The van der Waals surface area contributed by atoms with Crippen molar-refractivity contribution in [3.05, 3.63) is 18.0 Å². The predicted molar refractivity (Wildman–Crippen MR) is 64.1 cm³/mol. The zero-order chi connectivity index (χ0) is 13.1. The molecule has 1 atom stereocenters. The minimum atomic E-state index is -0.924. The maximum Gasteiger partial charge on any atom is 0.305 e. The molecule has 0 aliphatic heterocycles. The molecule has 1 aromatic rings. The van der Waals surface area contributed by atoms with E-state index in [0.717, 1.165) is 6.54 Å². The zero-order valence-electron chi connectivity index (χ0n) is 10.3. The molecule has 0 radical (unpaired) electrons. The molecule has 0 bridgehead atoms. The van der Waals surface area contributed by atoms with Crippen LogP contribution in [-0.4, -0.2) is 32.8 Å². The lowest BCUT2D eigenvalue weighted by Gasteiger charge is -2.09. The van der Waals surface area contributed by atoms with E-state index < -0.39 is 5.97 Å². The second-order valence-corrected chi connectivity index (χ2v) is 4.87. The fourth-order valence-corrected chi connectivity index (χ4v) is 1.77. The van der Waals surface area contributed by atoms with Gasteiger partial charge in [0.15, 0.2) is 0 Å². The van der Waals surface area contributed by atoms with E-state index in [2.05, 4.69) is 10.4 Å². The number of rotatable bonds is 6. The quantitative estimate of drug-likeness (QED) is 0.786. The summed E-state index contributed by atoms with van der Waals surface area (Å²) in [5.74, 6) is -0.496. The Balaban J connectivity index is 1.87. The first kappa shape index (κ1) is 12.6. The largest absolute Gasteiger partial charge is 0.481 e. The van der Waals surface area contributed by atoms with Gasteiger partial charge in [0.25, 0.3) is 5.91 Å². The lowest BCUT2D eigenvalue weighted by Crippen LogP contribution is -2.34. The first-order valence-corrected chi connectivity index (χ1v) is 6.09. The first-order chi connectivity index (χ1) is 8.54. The zero-order valence-corrected chi connectivity index (χ0v) is 10.3. The Morgan fingerprint density at radius 2 is 2.33 bits per heavy atom. The Kier molecular flexibility index (Phi) is 3.64. The number of nitrogens with zero attached hydrogens (tertiary/aromatic N) is 2. The van der Waals surface area contributed by atoms with Gasteiger partial charge in [-0.2, -0.15) is 5.10 Å². The lowest BCUT2D eigenvalue weighted by atomic mass is 10.2. The van der Waals surface area contributed by atoms with Gasteiger partial charge in [-0.1, -0.05) is 0 Å². The Morgan fingerprint density at radius 3 is 2.94 bits per heavy atom. The summed E-state index contributed by atoms with van der Waals surface area (Å²) in [6, 6.07) is -0.387. The molecule has 6 heteroatoms. The molecule has 2 N–H and O–H groups in total. The number of hydrogen-bond acceptors (Lipinski definition) is 3. The van der Waals surface area contributed by atoms with Gasteiger partial charge in [0, 0.05) is 18.8 Å². The molecule has 98 valence electrons. The van der Waals surface area contributed by atoms with E-state index in [0.29, 0.717) is 11.5 Å². The number of carboxylic acids is 1. The maximum atomic E-state index is 11.8. The molecule has 1 aliphatic carbocycles.